The predicted octanol–water partition coefficient (Wildman–Crippen LogP) is 2.66. The first-order valence-corrected chi connectivity index (χ1v) is 14.0. The third-order valence-corrected chi connectivity index (χ3v) is 8.70. The van der Waals surface area contributed by atoms with Crippen molar-refractivity contribution in [3.63, 3.8) is 0 Å². The van der Waals surface area contributed by atoms with Crippen molar-refractivity contribution in [3.05, 3.63) is 71.2 Å². The topological polar surface area (TPSA) is 135 Å². The van der Waals surface area contributed by atoms with Crippen LogP contribution in [-0.2, 0) is 6.18 Å². The van der Waals surface area contributed by atoms with Crippen LogP contribution in [0.3, 0.4) is 0 Å². The molecule has 1 aromatic carbocycles. The highest BCUT2D eigenvalue weighted by atomic mass is 19.4. The number of pyridine rings is 1. The van der Waals surface area contributed by atoms with E-state index in [1.807, 2.05) is 6.20 Å². The second kappa shape index (κ2) is 11.0. The number of hydrogen-bond acceptors (Lipinski definition) is 7. The SMILES string of the molecule is NC(=O)c1c(N)c(C2CCN(C3CN(C4CNC4)C3)CC2)cn1-c1ccc(C(=O)Nc2cc(C(F)(F)F)ccn2)cc1. The fourth-order valence-electron chi connectivity index (χ4n) is 6.08. The van der Waals surface area contributed by atoms with Crippen LogP contribution in [0.4, 0.5) is 24.7 Å². The van der Waals surface area contributed by atoms with Gasteiger partial charge in [-0.1, -0.05) is 0 Å². The molecule has 0 radical (unpaired) electrons. The lowest BCUT2D eigenvalue weighted by Gasteiger charge is -2.52. The number of nitrogens with one attached hydrogen (secondary N) is 2. The van der Waals surface area contributed by atoms with Gasteiger partial charge in [-0.05, 0) is 73.8 Å². The highest BCUT2D eigenvalue weighted by Gasteiger charge is 2.39. The number of carbonyl (C=O) groups is 2. The summed E-state index contributed by atoms with van der Waals surface area (Å²) in [6.45, 7) is 6.33. The lowest BCUT2D eigenvalue weighted by atomic mass is 9.88. The number of aromatic nitrogens is 2. The van der Waals surface area contributed by atoms with E-state index in [1.54, 1.807) is 16.7 Å². The van der Waals surface area contributed by atoms with Gasteiger partial charge in [0.05, 0.1) is 11.3 Å². The Morgan fingerprint density at radius 2 is 1.69 bits per heavy atom. The number of anilines is 2. The first-order chi connectivity index (χ1) is 20.1. The number of nitrogen functional groups attached to an aromatic ring is 1. The number of piperidine rings is 1. The van der Waals surface area contributed by atoms with Gasteiger partial charge in [-0.25, -0.2) is 4.98 Å². The summed E-state index contributed by atoms with van der Waals surface area (Å²) >= 11 is 0. The van der Waals surface area contributed by atoms with Gasteiger partial charge in [0.25, 0.3) is 11.8 Å². The van der Waals surface area contributed by atoms with Crippen molar-refractivity contribution in [2.75, 3.05) is 50.3 Å². The highest BCUT2D eigenvalue weighted by molar-refractivity contribution is 6.04. The van der Waals surface area contributed by atoms with Crippen molar-refractivity contribution in [2.45, 2.75) is 37.0 Å². The Kier molecular flexibility index (Phi) is 7.41. The molecule has 10 nitrogen and oxygen atoms in total. The molecule has 42 heavy (non-hydrogen) atoms. The molecule has 0 aliphatic carbocycles. The van der Waals surface area contributed by atoms with Crippen LogP contribution in [0.2, 0.25) is 0 Å². The molecule has 3 aliphatic rings. The number of rotatable bonds is 7. The van der Waals surface area contributed by atoms with Gasteiger partial charge in [0.1, 0.15) is 11.5 Å². The van der Waals surface area contributed by atoms with Gasteiger partial charge in [-0.15, -0.1) is 0 Å². The number of alkyl halides is 3. The molecule has 3 aliphatic heterocycles. The molecule has 0 spiro atoms. The predicted molar refractivity (Wildman–Crippen MR) is 151 cm³/mol. The van der Waals surface area contributed by atoms with Crippen LogP contribution in [0, 0.1) is 0 Å². The summed E-state index contributed by atoms with van der Waals surface area (Å²) in [4.78, 5) is 34.0. The zero-order chi connectivity index (χ0) is 29.6. The minimum absolute atomic E-state index is 0.182. The molecule has 3 aromatic rings. The number of carbonyl (C=O) groups excluding carboxylic acids is 2. The lowest BCUT2D eigenvalue weighted by molar-refractivity contribution is -0.137. The number of nitrogens with two attached hydrogens (primary N) is 2. The van der Waals surface area contributed by atoms with Gasteiger partial charge in [0.2, 0.25) is 0 Å². The Balaban J connectivity index is 1.13. The number of hydrogen-bond donors (Lipinski definition) is 4. The number of halogens is 3. The molecular weight excluding hydrogens is 549 g/mol. The van der Waals surface area contributed by atoms with Gasteiger partial charge in [-0.3, -0.25) is 19.4 Å². The van der Waals surface area contributed by atoms with E-state index in [0.29, 0.717) is 23.5 Å². The van der Waals surface area contributed by atoms with Gasteiger partial charge < -0.3 is 26.7 Å². The Labute approximate surface area is 240 Å². The van der Waals surface area contributed by atoms with Crippen LogP contribution in [-0.4, -0.2) is 82.5 Å². The summed E-state index contributed by atoms with van der Waals surface area (Å²) in [6.07, 6.45) is 0.140. The van der Waals surface area contributed by atoms with Crippen molar-refractivity contribution in [3.8, 4) is 5.69 Å². The van der Waals surface area contributed by atoms with E-state index in [2.05, 4.69) is 25.4 Å². The molecule has 6 rings (SSSR count). The van der Waals surface area contributed by atoms with Crippen LogP contribution in [0.15, 0.2) is 48.8 Å². The maximum atomic E-state index is 13.0. The Bertz CT molecular complexity index is 1470. The number of likely N-dealkylation sites (tertiary alicyclic amines) is 2. The van der Waals surface area contributed by atoms with Crippen LogP contribution >= 0.6 is 0 Å². The normalized spacial score (nSPS) is 19.3. The van der Waals surface area contributed by atoms with E-state index in [-0.39, 0.29) is 23.0 Å². The van der Waals surface area contributed by atoms with Crippen molar-refractivity contribution < 1.29 is 22.8 Å². The fourth-order valence-corrected chi connectivity index (χ4v) is 6.08. The van der Waals surface area contributed by atoms with Gasteiger partial charge in [-0.2, -0.15) is 13.2 Å². The molecule has 2 aromatic heterocycles. The van der Waals surface area contributed by atoms with Crippen molar-refractivity contribution in [2.24, 2.45) is 5.73 Å². The minimum Gasteiger partial charge on any atom is -0.397 e. The molecule has 3 fully saturated rings. The van der Waals surface area contributed by atoms with E-state index in [1.165, 1.54) is 12.1 Å². The summed E-state index contributed by atoms with van der Waals surface area (Å²) in [6, 6.07) is 9.17. The number of amides is 2. The first-order valence-electron chi connectivity index (χ1n) is 14.0. The zero-order valence-electron chi connectivity index (χ0n) is 22.9. The first kappa shape index (κ1) is 28.2. The van der Waals surface area contributed by atoms with Gasteiger partial charge >= 0.3 is 6.18 Å². The molecular formula is C29H33F3N8O2. The summed E-state index contributed by atoms with van der Waals surface area (Å²) in [5.74, 6) is -1.30. The quantitative estimate of drug-likeness (QED) is 0.337. The van der Waals surface area contributed by atoms with E-state index in [4.69, 9.17) is 11.5 Å². The molecule has 3 saturated heterocycles. The number of nitrogens with zero attached hydrogens (tertiary/aromatic N) is 4. The van der Waals surface area contributed by atoms with Crippen molar-refractivity contribution >= 4 is 23.3 Å². The van der Waals surface area contributed by atoms with Gasteiger partial charge in [0, 0.05) is 61.9 Å². The Morgan fingerprint density at radius 1 is 1.00 bits per heavy atom. The van der Waals surface area contributed by atoms with E-state index in [9.17, 15) is 22.8 Å². The van der Waals surface area contributed by atoms with Crippen LogP contribution in [0.25, 0.3) is 5.69 Å². The Morgan fingerprint density at radius 3 is 2.29 bits per heavy atom. The fraction of sp³-hybridized carbons (Fsp3) is 0.414. The summed E-state index contributed by atoms with van der Waals surface area (Å²) in [7, 11) is 0. The van der Waals surface area contributed by atoms with Crippen LogP contribution in [0.1, 0.15) is 50.7 Å². The number of primary amides is 1. The maximum absolute atomic E-state index is 13.0. The second-order valence-electron chi connectivity index (χ2n) is 11.2. The third kappa shape index (κ3) is 5.46. The molecule has 0 atom stereocenters. The minimum atomic E-state index is -4.55. The van der Waals surface area contributed by atoms with Crippen LogP contribution in [0.5, 0.6) is 0 Å². The monoisotopic (exact) mass is 582 g/mol. The molecule has 0 unspecified atom stereocenters. The molecule has 13 heteroatoms. The summed E-state index contributed by atoms with van der Waals surface area (Å²) in [5, 5.41) is 5.72. The Hall–Kier alpha value is -3.94. The van der Waals surface area contributed by atoms with Crippen molar-refractivity contribution in [1.29, 1.82) is 0 Å². The third-order valence-electron chi connectivity index (χ3n) is 8.70. The molecule has 5 heterocycles. The average molecular weight is 583 g/mol. The molecule has 0 saturated carbocycles. The average Bonchev–Trinajstić information content (AvgIpc) is 3.26. The molecule has 6 N–H and O–H groups in total. The second-order valence-corrected chi connectivity index (χ2v) is 11.2. The lowest BCUT2D eigenvalue weighted by Crippen LogP contribution is -2.69. The van der Waals surface area contributed by atoms with E-state index < -0.39 is 23.6 Å². The standard InChI is InChI=1S/C29H33F3N8O2/c30-29(31,32)19-5-8-36-24(11-19)37-28(42)18-1-3-20(4-2-18)40-16-23(25(33)26(40)27(34)41)17-6-9-38(10-7-17)22-14-39(15-22)21-12-35-13-21/h1-5,8,11,16-17,21-22,35H,6-7,9-10,12-15,33H2,(H2,34,41)(H,36,37,42). The van der Waals surface area contributed by atoms with E-state index >= 15 is 0 Å². The summed E-state index contributed by atoms with van der Waals surface area (Å²) in [5.41, 5.74) is 13.5. The zero-order valence-corrected chi connectivity index (χ0v) is 22.9. The molecule has 0 bridgehead atoms. The van der Waals surface area contributed by atoms with Crippen LogP contribution < -0.4 is 22.1 Å². The highest BCUT2D eigenvalue weighted by Crippen LogP contribution is 2.37. The molecule has 2 amide bonds. The smallest absolute Gasteiger partial charge is 0.397 e. The van der Waals surface area contributed by atoms with E-state index in [0.717, 1.165) is 76.0 Å². The molecule has 222 valence electrons. The largest absolute Gasteiger partial charge is 0.416 e. The number of benzene rings is 1. The van der Waals surface area contributed by atoms with Crippen molar-refractivity contribution in [1.82, 2.24) is 24.7 Å². The summed E-state index contributed by atoms with van der Waals surface area (Å²) < 4.78 is 40.6. The van der Waals surface area contributed by atoms with Gasteiger partial charge in [0.15, 0.2) is 0 Å². The maximum Gasteiger partial charge on any atom is 0.416 e.